The molecule has 1 heterocycles. The molecular weight excluding hydrogens is 368 g/mol. The largest absolute Gasteiger partial charge is 0.349 e. The van der Waals surface area contributed by atoms with Crippen molar-refractivity contribution in [2.24, 2.45) is 7.05 Å². The summed E-state index contributed by atoms with van der Waals surface area (Å²) in [4.78, 5) is 12.5. The molecule has 0 radical (unpaired) electrons. The Morgan fingerprint density at radius 2 is 1.93 bits per heavy atom. The molecule has 1 N–H and O–H groups in total. The Morgan fingerprint density at radius 3 is 2.79 bits per heavy atom. The molecule has 1 aliphatic rings. The van der Waals surface area contributed by atoms with Crippen LogP contribution in [0.15, 0.2) is 59.8 Å². The predicted octanol–water partition coefficient (Wildman–Crippen LogP) is 3.69. The molecule has 1 amide bonds. The molecule has 0 saturated heterocycles. The van der Waals surface area contributed by atoms with Crippen LogP contribution < -0.4 is 5.32 Å². The maximum atomic E-state index is 12.5. The molecule has 0 aliphatic heterocycles. The summed E-state index contributed by atoms with van der Waals surface area (Å²) >= 11 is 1.43. The third kappa shape index (κ3) is 4.28. The normalized spacial score (nSPS) is 15.8. The van der Waals surface area contributed by atoms with Crippen LogP contribution in [0.4, 0.5) is 0 Å². The second-order valence-electron chi connectivity index (χ2n) is 7.12. The maximum absolute atomic E-state index is 12.5. The highest BCUT2D eigenvalue weighted by atomic mass is 32.2. The molecule has 1 atom stereocenters. The standard InChI is InChI=1S/C22H24N4OS/c1-26-20(14-16-8-3-2-4-9-16)24-25-22(26)28-15-21(27)23-19-13-7-11-17-10-5-6-12-18(17)19/h2-6,8-10,12,19H,7,11,13-15H2,1H3,(H,23,27). The molecule has 0 spiro atoms. The molecule has 0 fully saturated rings. The summed E-state index contributed by atoms with van der Waals surface area (Å²) in [5.74, 6) is 1.28. The van der Waals surface area contributed by atoms with Crippen LogP contribution in [0.5, 0.6) is 0 Å². The van der Waals surface area contributed by atoms with Crippen molar-refractivity contribution in [2.45, 2.75) is 36.9 Å². The van der Waals surface area contributed by atoms with E-state index in [-0.39, 0.29) is 11.9 Å². The van der Waals surface area contributed by atoms with Crippen molar-refractivity contribution < 1.29 is 4.79 Å². The van der Waals surface area contributed by atoms with E-state index in [9.17, 15) is 4.79 Å². The lowest BCUT2D eigenvalue weighted by atomic mass is 9.88. The topological polar surface area (TPSA) is 59.8 Å². The van der Waals surface area contributed by atoms with Gasteiger partial charge in [0.15, 0.2) is 5.16 Å². The zero-order chi connectivity index (χ0) is 19.3. The van der Waals surface area contributed by atoms with E-state index in [1.165, 1.54) is 28.5 Å². The molecule has 6 heteroatoms. The van der Waals surface area contributed by atoms with E-state index in [1.54, 1.807) is 0 Å². The molecule has 4 rings (SSSR count). The number of nitrogens with zero attached hydrogens (tertiary/aromatic N) is 3. The van der Waals surface area contributed by atoms with Crippen LogP contribution >= 0.6 is 11.8 Å². The smallest absolute Gasteiger partial charge is 0.230 e. The Labute approximate surface area is 169 Å². The Balaban J connectivity index is 1.34. The molecule has 144 valence electrons. The van der Waals surface area contributed by atoms with Crippen LogP contribution in [0.2, 0.25) is 0 Å². The van der Waals surface area contributed by atoms with Crippen molar-refractivity contribution in [2.75, 3.05) is 5.75 Å². The predicted molar refractivity (Wildman–Crippen MR) is 111 cm³/mol. The second kappa shape index (κ2) is 8.61. The molecular formula is C22H24N4OS. The van der Waals surface area contributed by atoms with Crippen LogP contribution in [0.1, 0.15) is 41.4 Å². The van der Waals surface area contributed by atoms with Gasteiger partial charge in [0, 0.05) is 13.5 Å². The molecule has 5 nitrogen and oxygen atoms in total. The van der Waals surface area contributed by atoms with E-state index in [2.05, 4.69) is 45.8 Å². The van der Waals surface area contributed by atoms with Crippen LogP contribution in [0.3, 0.4) is 0 Å². The fourth-order valence-corrected chi connectivity index (χ4v) is 4.41. The lowest BCUT2D eigenvalue weighted by Crippen LogP contribution is -2.32. The minimum absolute atomic E-state index is 0.0410. The summed E-state index contributed by atoms with van der Waals surface area (Å²) in [5.41, 5.74) is 3.81. The van der Waals surface area contributed by atoms with Gasteiger partial charge in [0.05, 0.1) is 11.8 Å². The van der Waals surface area contributed by atoms with E-state index in [0.29, 0.717) is 5.75 Å². The highest BCUT2D eigenvalue weighted by molar-refractivity contribution is 7.99. The van der Waals surface area contributed by atoms with Gasteiger partial charge < -0.3 is 9.88 Å². The summed E-state index contributed by atoms with van der Waals surface area (Å²) in [6.45, 7) is 0. The summed E-state index contributed by atoms with van der Waals surface area (Å²) in [7, 11) is 1.95. The van der Waals surface area contributed by atoms with Gasteiger partial charge in [0.2, 0.25) is 5.91 Å². The molecule has 3 aromatic rings. The molecule has 28 heavy (non-hydrogen) atoms. The number of hydrogen-bond acceptors (Lipinski definition) is 4. The lowest BCUT2D eigenvalue weighted by molar-refractivity contribution is -0.119. The number of amides is 1. The first-order chi connectivity index (χ1) is 13.7. The number of thioether (sulfide) groups is 1. The maximum Gasteiger partial charge on any atom is 0.230 e. The number of rotatable bonds is 6. The molecule has 0 bridgehead atoms. The van der Waals surface area contributed by atoms with Gasteiger partial charge in [-0.3, -0.25) is 4.79 Å². The Bertz CT molecular complexity index is 954. The minimum Gasteiger partial charge on any atom is -0.349 e. The minimum atomic E-state index is 0.0410. The van der Waals surface area contributed by atoms with Gasteiger partial charge >= 0.3 is 0 Å². The first-order valence-corrected chi connectivity index (χ1v) is 10.6. The average Bonchev–Trinajstić information content (AvgIpc) is 3.07. The Kier molecular flexibility index (Phi) is 5.76. The van der Waals surface area contributed by atoms with Crippen molar-refractivity contribution in [1.29, 1.82) is 0 Å². The number of aryl methyl sites for hydroxylation is 1. The van der Waals surface area contributed by atoms with Crippen LogP contribution in [0, 0.1) is 0 Å². The number of carbonyl (C=O) groups excluding carboxylic acids is 1. The Morgan fingerprint density at radius 1 is 1.14 bits per heavy atom. The summed E-state index contributed by atoms with van der Waals surface area (Å²) in [6, 6.07) is 18.7. The van der Waals surface area contributed by atoms with Gasteiger partial charge in [-0.2, -0.15) is 0 Å². The van der Waals surface area contributed by atoms with Crippen molar-refractivity contribution in [3.63, 3.8) is 0 Å². The van der Waals surface area contributed by atoms with Gasteiger partial charge in [-0.25, -0.2) is 0 Å². The molecule has 1 aliphatic carbocycles. The van der Waals surface area contributed by atoms with Crippen molar-refractivity contribution in [3.8, 4) is 0 Å². The Hall–Kier alpha value is -2.60. The molecule has 1 aromatic heterocycles. The van der Waals surface area contributed by atoms with Crippen LogP contribution in [-0.2, 0) is 24.7 Å². The van der Waals surface area contributed by atoms with Gasteiger partial charge in [-0.1, -0.05) is 66.4 Å². The zero-order valence-electron chi connectivity index (χ0n) is 16.0. The van der Waals surface area contributed by atoms with Crippen molar-refractivity contribution >= 4 is 17.7 Å². The van der Waals surface area contributed by atoms with E-state index in [4.69, 9.17) is 0 Å². The molecule has 2 aromatic carbocycles. The highest BCUT2D eigenvalue weighted by Crippen LogP contribution is 2.29. The van der Waals surface area contributed by atoms with Gasteiger partial charge in [0.25, 0.3) is 0 Å². The second-order valence-corrected chi connectivity index (χ2v) is 8.06. The first kappa shape index (κ1) is 18.7. The summed E-state index contributed by atoms with van der Waals surface area (Å²) in [5, 5.41) is 12.5. The number of benzene rings is 2. The van der Waals surface area contributed by atoms with Crippen molar-refractivity contribution in [3.05, 3.63) is 77.1 Å². The number of aromatic nitrogens is 3. The number of carbonyl (C=O) groups is 1. The van der Waals surface area contributed by atoms with E-state index < -0.39 is 0 Å². The fraction of sp³-hybridized carbons (Fsp3) is 0.318. The molecule has 1 unspecified atom stereocenters. The number of hydrogen-bond donors (Lipinski definition) is 1. The van der Waals surface area contributed by atoms with Crippen molar-refractivity contribution in [1.82, 2.24) is 20.1 Å². The van der Waals surface area contributed by atoms with Gasteiger partial charge in [0.1, 0.15) is 5.82 Å². The zero-order valence-corrected chi connectivity index (χ0v) is 16.8. The molecule has 0 saturated carbocycles. The first-order valence-electron chi connectivity index (χ1n) is 9.63. The summed E-state index contributed by atoms with van der Waals surface area (Å²) < 4.78 is 1.97. The van der Waals surface area contributed by atoms with E-state index in [0.717, 1.165) is 36.7 Å². The van der Waals surface area contributed by atoms with E-state index in [1.807, 2.05) is 35.9 Å². The monoisotopic (exact) mass is 392 g/mol. The number of fused-ring (bicyclic) bond motifs is 1. The van der Waals surface area contributed by atoms with Gasteiger partial charge in [-0.15, -0.1) is 10.2 Å². The van der Waals surface area contributed by atoms with Gasteiger partial charge in [-0.05, 0) is 36.0 Å². The number of nitrogens with one attached hydrogen (secondary N) is 1. The SMILES string of the molecule is Cn1c(Cc2ccccc2)nnc1SCC(=O)NC1CCCc2ccccc21. The third-order valence-electron chi connectivity index (χ3n) is 5.17. The summed E-state index contributed by atoms with van der Waals surface area (Å²) in [6.07, 6.45) is 3.94. The van der Waals surface area contributed by atoms with Crippen LogP contribution in [-0.4, -0.2) is 26.4 Å². The van der Waals surface area contributed by atoms with Crippen LogP contribution in [0.25, 0.3) is 0 Å². The third-order valence-corrected chi connectivity index (χ3v) is 6.19. The quantitative estimate of drug-likeness (QED) is 0.650. The fourth-order valence-electron chi connectivity index (χ4n) is 3.67. The lowest BCUT2D eigenvalue weighted by Gasteiger charge is -2.26. The van der Waals surface area contributed by atoms with E-state index >= 15 is 0 Å². The average molecular weight is 393 g/mol. The highest BCUT2D eigenvalue weighted by Gasteiger charge is 2.21.